The molecule has 0 bridgehead atoms. The van der Waals surface area contributed by atoms with Crippen molar-refractivity contribution in [1.29, 1.82) is 0 Å². The third-order valence-electron chi connectivity index (χ3n) is 5.18. The van der Waals surface area contributed by atoms with E-state index in [9.17, 15) is 19.2 Å². The van der Waals surface area contributed by atoms with Gasteiger partial charge in [0.25, 0.3) is 0 Å². The van der Waals surface area contributed by atoms with E-state index in [1.54, 1.807) is 26.0 Å². The number of carbonyl (C=O) groups excluding carboxylic acids is 4. The lowest BCUT2D eigenvalue weighted by atomic mass is 9.89. The highest BCUT2D eigenvalue weighted by molar-refractivity contribution is 5.51. The summed E-state index contributed by atoms with van der Waals surface area (Å²) in [5.41, 5.74) is 5.55. The zero-order valence-electron chi connectivity index (χ0n) is 17.8. The lowest BCUT2D eigenvalue weighted by Gasteiger charge is -2.18. The molecule has 0 heterocycles. The summed E-state index contributed by atoms with van der Waals surface area (Å²) in [4.78, 5) is 54.5. The van der Waals surface area contributed by atoms with E-state index in [1.807, 2.05) is 27.7 Å². The molecule has 0 aliphatic rings. The van der Waals surface area contributed by atoms with E-state index in [2.05, 4.69) is 20.0 Å². The highest BCUT2D eigenvalue weighted by Gasteiger charge is 2.23. The van der Waals surface area contributed by atoms with Crippen LogP contribution < -0.4 is 0 Å². The zero-order valence-corrected chi connectivity index (χ0v) is 17.8. The van der Waals surface area contributed by atoms with E-state index in [-0.39, 0.29) is 0 Å². The Hall–Kier alpha value is -3.26. The van der Waals surface area contributed by atoms with Crippen LogP contribution in [-0.2, 0) is 32.3 Å². The second kappa shape index (κ2) is 13.0. The van der Waals surface area contributed by atoms with Crippen molar-refractivity contribution >= 4 is 24.3 Å². The summed E-state index contributed by atoms with van der Waals surface area (Å²) in [5, 5.41) is 0. The maximum Gasteiger partial charge on any atom is 0.237 e. The average Bonchev–Trinajstić information content (AvgIpc) is 2.72. The van der Waals surface area contributed by atoms with Crippen LogP contribution in [0.2, 0.25) is 0 Å². The summed E-state index contributed by atoms with van der Waals surface area (Å²) in [6, 6.07) is 0. The summed E-state index contributed by atoms with van der Waals surface area (Å²) < 4.78 is 0. The van der Waals surface area contributed by atoms with Gasteiger partial charge in [0.2, 0.25) is 24.3 Å². The quantitative estimate of drug-likeness (QED) is 0.489. The summed E-state index contributed by atoms with van der Waals surface area (Å²) >= 11 is 0. The Morgan fingerprint density at radius 3 is 1.14 bits per heavy atom. The minimum absolute atomic E-state index is 0.347. The van der Waals surface area contributed by atoms with Gasteiger partial charge in [-0.1, -0.05) is 13.8 Å². The number of benzene rings is 1. The Morgan fingerprint density at radius 2 is 0.931 bits per heavy atom. The molecule has 0 saturated carbocycles. The molecule has 154 valence electrons. The van der Waals surface area contributed by atoms with E-state index in [4.69, 9.17) is 0 Å². The van der Waals surface area contributed by atoms with Gasteiger partial charge in [0, 0.05) is 0 Å². The van der Waals surface area contributed by atoms with Gasteiger partial charge >= 0.3 is 0 Å². The molecular formula is C21H26N4O4. The van der Waals surface area contributed by atoms with Crippen molar-refractivity contribution in [3.63, 3.8) is 0 Å². The Balaban J connectivity index is 0.000000614. The first kappa shape index (κ1) is 25.7. The molecule has 0 N–H and O–H groups in total. The molecule has 0 aliphatic carbocycles. The van der Waals surface area contributed by atoms with Crippen molar-refractivity contribution in [2.45, 2.75) is 73.1 Å². The van der Waals surface area contributed by atoms with Crippen LogP contribution in [0.1, 0.15) is 60.1 Å². The zero-order chi connectivity index (χ0) is 22.4. The summed E-state index contributed by atoms with van der Waals surface area (Å²) in [6.07, 6.45) is 6.94. The molecule has 0 aliphatic heterocycles. The van der Waals surface area contributed by atoms with Gasteiger partial charge < -0.3 is 0 Å². The fourth-order valence-electron chi connectivity index (χ4n) is 2.93. The highest BCUT2D eigenvalue weighted by atomic mass is 16.1. The average molecular weight is 398 g/mol. The third kappa shape index (κ3) is 7.00. The number of nitrogens with zero attached hydrogens (tertiary/aromatic N) is 4. The first-order valence-corrected chi connectivity index (χ1v) is 9.12. The van der Waals surface area contributed by atoms with Crippen molar-refractivity contribution < 1.29 is 19.2 Å². The van der Waals surface area contributed by atoms with Gasteiger partial charge in [0.05, 0.1) is 13.1 Å². The molecule has 0 amide bonds. The van der Waals surface area contributed by atoms with Crippen LogP contribution in [0, 0.1) is 27.7 Å². The third-order valence-corrected chi connectivity index (χ3v) is 5.18. The first-order valence-electron chi connectivity index (χ1n) is 9.12. The second-order valence-electron chi connectivity index (χ2n) is 6.37. The molecule has 1 aromatic rings. The number of aliphatic imine (C=N–C) groups is 4. The maximum absolute atomic E-state index is 10.2. The van der Waals surface area contributed by atoms with Gasteiger partial charge in [-0.15, -0.1) is 0 Å². The van der Waals surface area contributed by atoms with Crippen molar-refractivity contribution in [2.75, 3.05) is 0 Å². The normalized spacial score (nSPS) is 9.59. The molecule has 0 saturated heterocycles. The van der Waals surface area contributed by atoms with Gasteiger partial charge in [-0.25, -0.2) is 29.2 Å². The van der Waals surface area contributed by atoms with Gasteiger partial charge in [0.1, 0.15) is 0 Å². The smallest absolute Gasteiger partial charge is 0.211 e. The van der Waals surface area contributed by atoms with Gasteiger partial charge in [-0.2, -0.15) is 9.98 Å². The van der Waals surface area contributed by atoms with Crippen molar-refractivity contribution in [3.05, 3.63) is 33.4 Å². The fourth-order valence-corrected chi connectivity index (χ4v) is 2.93. The second-order valence-corrected chi connectivity index (χ2v) is 6.37. The lowest BCUT2D eigenvalue weighted by Crippen LogP contribution is -2.20. The number of isocyanates is 4. The van der Waals surface area contributed by atoms with Gasteiger partial charge in [-0.3, -0.25) is 0 Å². The van der Waals surface area contributed by atoms with Crippen LogP contribution in [0.4, 0.5) is 0 Å². The number of hydrogen-bond acceptors (Lipinski definition) is 8. The lowest BCUT2D eigenvalue weighted by molar-refractivity contribution is 0.410. The van der Waals surface area contributed by atoms with E-state index < -0.39 is 5.66 Å². The van der Waals surface area contributed by atoms with E-state index in [1.165, 1.54) is 12.2 Å². The Bertz CT molecular complexity index is 809. The van der Waals surface area contributed by atoms with Crippen molar-refractivity contribution in [3.8, 4) is 0 Å². The molecule has 0 fully saturated rings. The minimum atomic E-state index is -0.913. The molecule has 29 heavy (non-hydrogen) atoms. The molecule has 8 nitrogen and oxygen atoms in total. The van der Waals surface area contributed by atoms with Gasteiger partial charge in [0.15, 0.2) is 5.66 Å². The van der Waals surface area contributed by atoms with Crippen LogP contribution >= 0.6 is 0 Å². The Kier molecular flexibility index (Phi) is 11.5. The molecule has 1 rings (SSSR count). The fraction of sp³-hybridized carbons (Fsp3) is 0.524. The van der Waals surface area contributed by atoms with Gasteiger partial charge in [-0.05, 0) is 73.9 Å². The number of hydrogen-bond donors (Lipinski definition) is 0. The monoisotopic (exact) mass is 398 g/mol. The standard InChI is InChI=1S/C14H16N2O2.C7H10N2O2/c1-9-10(2)14(6-16-8-18)12(4)11(3)13(9)5-15-7-17;1-3-7(4-2,8-5-10)9-6-11/h5-6H2,1-4H3;3-4H2,1-2H3. The maximum atomic E-state index is 10.2. The van der Waals surface area contributed by atoms with Crippen LogP contribution in [0.15, 0.2) is 20.0 Å². The molecular weight excluding hydrogens is 372 g/mol. The molecule has 1 aromatic carbocycles. The number of rotatable bonds is 8. The van der Waals surface area contributed by atoms with E-state index in [0.717, 1.165) is 33.4 Å². The molecule has 0 unspecified atom stereocenters. The molecule has 0 spiro atoms. The van der Waals surface area contributed by atoms with Crippen molar-refractivity contribution in [1.82, 2.24) is 0 Å². The SMILES string of the molecule is CCC(CC)(N=C=O)N=C=O.Cc1c(C)c(CN=C=O)c(C)c(C)c1CN=C=O. The minimum Gasteiger partial charge on any atom is -0.211 e. The van der Waals surface area contributed by atoms with E-state index >= 15 is 0 Å². The molecule has 0 atom stereocenters. The summed E-state index contributed by atoms with van der Waals surface area (Å²) in [6.45, 7) is 12.3. The molecule has 0 aromatic heterocycles. The van der Waals surface area contributed by atoms with E-state index in [0.29, 0.717) is 25.9 Å². The van der Waals surface area contributed by atoms with Crippen LogP contribution in [0.25, 0.3) is 0 Å². The van der Waals surface area contributed by atoms with Crippen LogP contribution in [-0.4, -0.2) is 30.0 Å². The van der Waals surface area contributed by atoms with Crippen molar-refractivity contribution in [2.24, 2.45) is 20.0 Å². The summed E-state index contributed by atoms with van der Waals surface area (Å²) in [5.74, 6) is 0. The van der Waals surface area contributed by atoms with Crippen LogP contribution in [0.3, 0.4) is 0 Å². The van der Waals surface area contributed by atoms with Crippen LogP contribution in [0.5, 0.6) is 0 Å². The Labute approximate surface area is 170 Å². The summed E-state index contributed by atoms with van der Waals surface area (Å²) in [7, 11) is 0. The molecule has 8 heteroatoms. The highest BCUT2D eigenvalue weighted by Crippen LogP contribution is 2.27. The topological polar surface area (TPSA) is 118 Å². The molecule has 0 radical (unpaired) electrons. The Morgan fingerprint density at radius 1 is 0.621 bits per heavy atom. The predicted octanol–water partition coefficient (Wildman–Crippen LogP) is 3.77. The predicted molar refractivity (Wildman–Crippen MR) is 109 cm³/mol. The first-order chi connectivity index (χ1) is 13.8. The largest absolute Gasteiger partial charge is 0.237 e.